The molecule has 2 heterocycles. The minimum absolute atomic E-state index is 0.0270. The standard InChI is InChI=1S/C21H20N4O4S2/c1-28-15-9-14(10-16(11-15)29-2)19(27)22-20-23-24-21(31-20)30-12-18(26)25-8-7-13-5-3-4-6-17(13)25/h3-6,9-11H,7-8,12H2,1-2H3,(H,22,23,27). The molecule has 31 heavy (non-hydrogen) atoms. The fraction of sp³-hybridized carbons (Fsp3) is 0.238. The van der Waals surface area contributed by atoms with Gasteiger partial charge in [-0.3, -0.25) is 14.9 Å². The first kappa shape index (κ1) is 21.1. The minimum atomic E-state index is -0.352. The highest BCUT2D eigenvalue weighted by atomic mass is 32.2. The first-order chi connectivity index (χ1) is 15.1. The maximum absolute atomic E-state index is 12.6. The highest BCUT2D eigenvalue weighted by molar-refractivity contribution is 8.01. The van der Waals surface area contributed by atoms with Crippen molar-refractivity contribution in [3.05, 3.63) is 53.6 Å². The van der Waals surface area contributed by atoms with Gasteiger partial charge in [-0.05, 0) is 30.2 Å². The number of ether oxygens (including phenoxy) is 2. The molecule has 1 N–H and O–H groups in total. The molecule has 0 aliphatic carbocycles. The summed E-state index contributed by atoms with van der Waals surface area (Å²) in [5.41, 5.74) is 2.55. The van der Waals surface area contributed by atoms with Crippen LogP contribution in [0.2, 0.25) is 0 Å². The first-order valence-electron chi connectivity index (χ1n) is 9.46. The topological polar surface area (TPSA) is 93.6 Å². The lowest BCUT2D eigenvalue weighted by Crippen LogP contribution is -2.30. The van der Waals surface area contributed by atoms with Gasteiger partial charge in [0, 0.05) is 23.9 Å². The number of benzene rings is 2. The first-order valence-corrected chi connectivity index (χ1v) is 11.3. The molecule has 0 atom stereocenters. The molecule has 0 spiro atoms. The van der Waals surface area contributed by atoms with Crippen LogP contribution in [-0.2, 0) is 11.2 Å². The smallest absolute Gasteiger partial charge is 0.257 e. The van der Waals surface area contributed by atoms with Gasteiger partial charge in [0.2, 0.25) is 11.0 Å². The summed E-state index contributed by atoms with van der Waals surface area (Å²) >= 11 is 2.53. The molecule has 8 nitrogen and oxygen atoms in total. The lowest BCUT2D eigenvalue weighted by atomic mass is 10.2. The number of para-hydroxylation sites is 1. The van der Waals surface area contributed by atoms with Crippen molar-refractivity contribution < 1.29 is 19.1 Å². The van der Waals surface area contributed by atoms with Crippen LogP contribution in [0.5, 0.6) is 11.5 Å². The number of carbonyl (C=O) groups is 2. The van der Waals surface area contributed by atoms with Crippen LogP contribution < -0.4 is 19.7 Å². The number of aromatic nitrogens is 2. The van der Waals surface area contributed by atoms with Gasteiger partial charge in [-0.2, -0.15) is 0 Å². The van der Waals surface area contributed by atoms with Gasteiger partial charge in [0.05, 0.1) is 20.0 Å². The van der Waals surface area contributed by atoms with Gasteiger partial charge < -0.3 is 14.4 Å². The molecule has 1 aliphatic heterocycles. The molecule has 160 valence electrons. The Balaban J connectivity index is 1.36. The van der Waals surface area contributed by atoms with Gasteiger partial charge in [0.25, 0.3) is 5.91 Å². The number of hydrogen-bond acceptors (Lipinski definition) is 8. The van der Waals surface area contributed by atoms with Crippen molar-refractivity contribution in [2.75, 3.05) is 36.7 Å². The zero-order valence-corrected chi connectivity index (χ0v) is 18.6. The van der Waals surface area contributed by atoms with Crippen LogP contribution in [0.4, 0.5) is 10.8 Å². The highest BCUT2D eigenvalue weighted by Gasteiger charge is 2.24. The van der Waals surface area contributed by atoms with E-state index in [4.69, 9.17) is 9.47 Å². The summed E-state index contributed by atoms with van der Waals surface area (Å²) in [6.45, 7) is 0.695. The van der Waals surface area contributed by atoms with E-state index in [1.807, 2.05) is 29.2 Å². The lowest BCUT2D eigenvalue weighted by Gasteiger charge is -2.16. The maximum atomic E-state index is 12.6. The third-order valence-electron chi connectivity index (χ3n) is 4.75. The van der Waals surface area contributed by atoms with Gasteiger partial charge in [0.15, 0.2) is 4.34 Å². The molecule has 1 aromatic heterocycles. The molecule has 0 bridgehead atoms. The lowest BCUT2D eigenvalue weighted by molar-refractivity contribution is -0.116. The van der Waals surface area contributed by atoms with E-state index in [1.54, 1.807) is 18.2 Å². The summed E-state index contributed by atoms with van der Waals surface area (Å²) in [5.74, 6) is 0.957. The van der Waals surface area contributed by atoms with Crippen LogP contribution in [0.3, 0.4) is 0 Å². The molecule has 0 unspecified atom stereocenters. The summed E-state index contributed by atoms with van der Waals surface area (Å²) in [5, 5.41) is 11.2. The Morgan fingerprint density at radius 1 is 1.13 bits per heavy atom. The second-order valence-electron chi connectivity index (χ2n) is 6.64. The van der Waals surface area contributed by atoms with Crippen molar-refractivity contribution >= 4 is 45.7 Å². The normalized spacial score (nSPS) is 12.4. The van der Waals surface area contributed by atoms with E-state index in [-0.39, 0.29) is 17.6 Å². The SMILES string of the molecule is COc1cc(OC)cc(C(=O)Nc2nnc(SCC(=O)N3CCc4ccccc43)s2)c1. The van der Waals surface area contributed by atoms with Crippen molar-refractivity contribution in [1.29, 1.82) is 0 Å². The van der Waals surface area contributed by atoms with Gasteiger partial charge in [-0.25, -0.2) is 0 Å². The monoisotopic (exact) mass is 456 g/mol. The predicted octanol–water partition coefficient (Wildman–Crippen LogP) is 3.49. The molecular formula is C21H20N4O4S2. The van der Waals surface area contributed by atoms with Crippen molar-refractivity contribution in [2.45, 2.75) is 10.8 Å². The number of anilines is 2. The third kappa shape index (κ3) is 4.80. The number of methoxy groups -OCH3 is 2. The Morgan fingerprint density at radius 2 is 1.87 bits per heavy atom. The third-order valence-corrected chi connectivity index (χ3v) is 6.70. The number of rotatable bonds is 7. The van der Waals surface area contributed by atoms with E-state index in [9.17, 15) is 9.59 Å². The average Bonchev–Trinajstić information content (AvgIpc) is 3.44. The summed E-state index contributed by atoms with van der Waals surface area (Å²) in [6.07, 6.45) is 0.872. The summed E-state index contributed by atoms with van der Waals surface area (Å²) in [7, 11) is 3.04. The van der Waals surface area contributed by atoms with Gasteiger partial charge in [0.1, 0.15) is 11.5 Å². The van der Waals surface area contributed by atoms with E-state index in [0.717, 1.165) is 12.1 Å². The number of hydrogen-bond donors (Lipinski definition) is 1. The second kappa shape index (κ2) is 9.36. The quantitative estimate of drug-likeness (QED) is 0.430. The summed E-state index contributed by atoms with van der Waals surface area (Å²) in [4.78, 5) is 27.0. The van der Waals surface area contributed by atoms with E-state index in [2.05, 4.69) is 15.5 Å². The molecule has 2 amide bonds. The number of nitrogens with one attached hydrogen (secondary N) is 1. The Kier molecular flexibility index (Phi) is 6.38. The molecule has 0 saturated heterocycles. The zero-order valence-electron chi connectivity index (χ0n) is 17.0. The molecule has 10 heteroatoms. The van der Waals surface area contributed by atoms with Crippen molar-refractivity contribution in [1.82, 2.24) is 10.2 Å². The largest absolute Gasteiger partial charge is 0.497 e. The minimum Gasteiger partial charge on any atom is -0.497 e. The van der Waals surface area contributed by atoms with E-state index >= 15 is 0 Å². The molecule has 0 saturated carbocycles. The van der Waals surface area contributed by atoms with E-state index in [0.29, 0.717) is 33.1 Å². The molecular weight excluding hydrogens is 436 g/mol. The molecule has 3 aromatic rings. The number of thioether (sulfide) groups is 1. The molecule has 0 radical (unpaired) electrons. The number of amides is 2. The van der Waals surface area contributed by atoms with E-state index in [1.165, 1.54) is 42.9 Å². The zero-order chi connectivity index (χ0) is 21.8. The fourth-order valence-corrected chi connectivity index (χ4v) is 4.85. The summed E-state index contributed by atoms with van der Waals surface area (Å²) in [6, 6.07) is 12.9. The second-order valence-corrected chi connectivity index (χ2v) is 8.84. The summed E-state index contributed by atoms with van der Waals surface area (Å²) < 4.78 is 11.0. The van der Waals surface area contributed by atoms with Crippen molar-refractivity contribution in [3.8, 4) is 11.5 Å². The predicted molar refractivity (Wildman–Crippen MR) is 121 cm³/mol. The molecule has 0 fully saturated rings. The van der Waals surface area contributed by atoms with Crippen LogP contribution in [0.1, 0.15) is 15.9 Å². The van der Waals surface area contributed by atoms with Crippen LogP contribution >= 0.6 is 23.1 Å². The molecule has 1 aliphatic rings. The van der Waals surface area contributed by atoms with Gasteiger partial charge in [-0.15, -0.1) is 10.2 Å². The molecule has 2 aromatic carbocycles. The number of carbonyl (C=O) groups excluding carboxylic acids is 2. The Morgan fingerprint density at radius 3 is 2.61 bits per heavy atom. The van der Waals surface area contributed by atoms with Gasteiger partial charge in [-0.1, -0.05) is 41.3 Å². The average molecular weight is 457 g/mol. The Hall–Kier alpha value is -3.11. The highest BCUT2D eigenvalue weighted by Crippen LogP contribution is 2.31. The maximum Gasteiger partial charge on any atom is 0.257 e. The van der Waals surface area contributed by atoms with Crippen molar-refractivity contribution in [3.63, 3.8) is 0 Å². The van der Waals surface area contributed by atoms with E-state index < -0.39 is 0 Å². The molecule has 4 rings (SSSR count). The Bertz CT molecular complexity index is 1100. The van der Waals surface area contributed by atoms with Crippen LogP contribution in [0.25, 0.3) is 0 Å². The number of fused-ring (bicyclic) bond motifs is 1. The van der Waals surface area contributed by atoms with Crippen LogP contribution in [-0.4, -0.2) is 48.5 Å². The van der Waals surface area contributed by atoms with Crippen LogP contribution in [0, 0.1) is 0 Å². The van der Waals surface area contributed by atoms with Gasteiger partial charge >= 0.3 is 0 Å². The van der Waals surface area contributed by atoms with Crippen molar-refractivity contribution in [2.24, 2.45) is 0 Å². The Labute approximate surface area is 187 Å². The fourth-order valence-electron chi connectivity index (χ4n) is 3.23. The van der Waals surface area contributed by atoms with Crippen LogP contribution in [0.15, 0.2) is 46.8 Å². The number of nitrogens with zero attached hydrogens (tertiary/aromatic N) is 3.